The van der Waals surface area contributed by atoms with E-state index in [1.807, 2.05) is 19.1 Å². The molecule has 19 heavy (non-hydrogen) atoms. The minimum absolute atomic E-state index is 0.182. The lowest BCUT2D eigenvalue weighted by Gasteiger charge is -2.09. The van der Waals surface area contributed by atoms with Crippen molar-refractivity contribution in [1.29, 1.82) is 0 Å². The molecule has 0 spiro atoms. The average Bonchev–Trinajstić information content (AvgIpc) is 2.42. The Morgan fingerprint density at radius 2 is 1.89 bits per heavy atom. The fourth-order valence-corrected chi connectivity index (χ4v) is 1.91. The van der Waals surface area contributed by atoms with Crippen molar-refractivity contribution in [2.45, 2.75) is 12.8 Å². The maximum absolute atomic E-state index is 12.0. The number of anilines is 1. The molecule has 98 valence electrons. The number of rotatable bonds is 3. The quantitative estimate of drug-likeness (QED) is 0.663. The first-order chi connectivity index (χ1) is 9.10. The smallest absolute Gasteiger partial charge is 0.255 e. The van der Waals surface area contributed by atoms with Crippen molar-refractivity contribution in [3.63, 3.8) is 0 Å². The largest absolute Gasteiger partial charge is 0.508 e. The van der Waals surface area contributed by atoms with E-state index in [0.29, 0.717) is 17.1 Å². The number of alkyl halides is 1. The maximum atomic E-state index is 12.0. The van der Waals surface area contributed by atoms with Crippen LogP contribution < -0.4 is 5.32 Å². The molecule has 0 atom stereocenters. The number of carbonyl (C=O) groups excluding carboxylic acids is 1. The lowest BCUT2D eigenvalue weighted by Crippen LogP contribution is -2.12. The van der Waals surface area contributed by atoms with Crippen LogP contribution in [0.4, 0.5) is 5.69 Å². The van der Waals surface area contributed by atoms with Crippen LogP contribution in [0.15, 0.2) is 42.5 Å². The van der Waals surface area contributed by atoms with Crippen LogP contribution >= 0.6 is 11.6 Å². The molecule has 0 aliphatic heterocycles. The lowest BCUT2D eigenvalue weighted by molar-refractivity contribution is 0.102. The zero-order valence-corrected chi connectivity index (χ0v) is 11.2. The van der Waals surface area contributed by atoms with E-state index in [1.165, 1.54) is 0 Å². The molecule has 1 amide bonds. The third-order valence-electron chi connectivity index (χ3n) is 2.83. The molecule has 0 unspecified atom stereocenters. The topological polar surface area (TPSA) is 49.3 Å². The Hall–Kier alpha value is -2.00. The van der Waals surface area contributed by atoms with E-state index in [4.69, 9.17) is 11.6 Å². The molecular formula is C15H14ClNO2. The molecule has 4 heteroatoms. The van der Waals surface area contributed by atoms with Crippen LogP contribution in [0.5, 0.6) is 5.75 Å². The van der Waals surface area contributed by atoms with Gasteiger partial charge in [0.1, 0.15) is 5.75 Å². The molecule has 0 bridgehead atoms. The highest BCUT2D eigenvalue weighted by atomic mass is 35.5. The van der Waals surface area contributed by atoms with E-state index < -0.39 is 0 Å². The highest BCUT2D eigenvalue weighted by molar-refractivity contribution is 6.17. The van der Waals surface area contributed by atoms with E-state index in [0.717, 1.165) is 11.1 Å². The van der Waals surface area contributed by atoms with E-state index in [2.05, 4.69) is 5.32 Å². The van der Waals surface area contributed by atoms with Gasteiger partial charge in [0.25, 0.3) is 5.91 Å². The standard InChI is InChI=1S/C15H14ClNO2/c1-10-8-13(18)6-7-14(10)17-15(19)12-4-2-11(9-16)3-5-12/h2-8,18H,9H2,1H3,(H,17,19). The van der Waals surface area contributed by atoms with Crippen molar-refractivity contribution in [3.05, 3.63) is 59.2 Å². The predicted molar refractivity (Wildman–Crippen MR) is 76.8 cm³/mol. The summed E-state index contributed by atoms with van der Waals surface area (Å²) in [6.07, 6.45) is 0. The highest BCUT2D eigenvalue weighted by Gasteiger charge is 2.07. The van der Waals surface area contributed by atoms with E-state index >= 15 is 0 Å². The van der Waals surface area contributed by atoms with E-state index in [-0.39, 0.29) is 11.7 Å². The van der Waals surface area contributed by atoms with Crippen molar-refractivity contribution < 1.29 is 9.90 Å². The third kappa shape index (κ3) is 3.26. The lowest BCUT2D eigenvalue weighted by atomic mass is 10.1. The van der Waals surface area contributed by atoms with Gasteiger partial charge in [0.05, 0.1) is 0 Å². The van der Waals surface area contributed by atoms with Crippen LogP contribution in [0.1, 0.15) is 21.5 Å². The van der Waals surface area contributed by atoms with Gasteiger partial charge < -0.3 is 10.4 Å². The first-order valence-electron chi connectivity index (χ1n) is 5.86. The molecule has 2 N–H and O–H groups in total. The molecule has 0 radical (unpaired) electrons. The number of nitrogens with one attached hydrogen (secondary N) is 1. The molecule has 0 fully saturated rings. The van der Waals surface area contributed by atoms with Crippen molar-refractivity contribution in [2.24, 2.45) is 0 Å². The second-order valence-corrected chi connectivity index (χ2v) is 4.55. The molecular weight excluding hydrogens is 262 g/mol. The average molecular weight is 276 g/mol. The summed E-state index contributed by atoms with van der Waals surface area (Å²) in [6.45, 7) is 1.83. The number of hydrogen-bond donors (Lipinski definition) is 2. The summed E-state index contributed by atoms with van der Waals surface area (Å²) in [7, 11) is 0. The van der Waals surface area contributed by atoms with Crippen molar-refractivity contribution in [1.82, 2.24) is 0 Å². The van der Waals surface area contributed by atoms with Crippen LogP contribution in [0.25, 0.3) is 0 Å². The number of hydrogen-bond acceptors (Lipinski definition) is 2. The van der Waals surface area contributed by atoms with Crippen LogP contribution in [0, 0.1) is 6.92 Å². The SMILES string of the molecule is Cc1cc(O)ccc1NC(=O)c1ccc(CCl)cc1. The summed E-state index contributed by atoms with van der Waals surface area (Å²) in [5, 5.41) is 12.1. The summed E-state index contributed by atoms with van der Waals surface area (Å²) in [5.74, 6) is 0.427. The van der Waals surface area contributed by atoms with Gasteiger partial charge in [-0.25, -0.2) is 0 Å². The van der Waals surface area contributed by atoms with Crippen LogP contribution in [-0.2, 0) is 5.88 Å². The van der Waals surface area contributed by atoms with Crippen molar-refractivity contribution in [2.75, 3.05) is 5.32 Å². The van der Waals surface area contributed by atoms with Gasteiger partial charge in [-0.05, 0) is 48.4 Å². The molecule has 0 aliphatic rings. The fourth-order valence-electron chi connectivity index (χ4n) is 1.73. The molecule has 0 aromatic heterocycles. The summed E-state index contributed by atoms with van der Waals surface area (Å²) in [6, 6.07) is 11.9. The van der Waals surface area contributed by atoms with Gasteiger partial charge in [0.15, 0.2) is 0 Å². The molecule has 0 saturated carbocycles. The van der Waals surface area contributed by atoms with Gasteiger partial charge in [0, 0.05) is 17.1 Å². The number of aryl methyl sites for hydroxylation is 1. The Bertz CT molecular complexity index is 594. The minimum atomic E-state index is -0.185. The van der Waals surface area contributed by atoms with E-state index in [9.17, 15) is 9.90 Å². The number of phenols is 1. The Kier molecular flexibility index (Phi) is 4.07. The zero-order valence-electron chi connectivity index (χ0n) is 10.5. The Balaban J connectivity index is 2.15. The third-order valence-corrected chi connectivity index (χ3v) is 3.14. The molecule has 0 saturated heterocycles. The Labute approximate surface area is 116 Å². The molecule has 0 heterocycles. The summed E-state index contributed by atoms with van der Waals surface area (Å²) >= 11 is 5.70. The number of benzene rings is 2. The van der Waals surface area contributed by atoms with Gasteiger partial charge in [0.2, 0.25) is 0 Å². The monoisotopic (exact) mass is 275 g/mol. The zero-order chi connectivity index (χ0) is 13.8. The Morgan fingerprint density at radius 1 is 1.21 bits per heavy atom. The molecule has 2 rings (SSSR count). The number of amides is 1. The number of aromatic hydroxyl groups is 1. The minimum Gasteiger partial charge on any atom is -0.508 e. The second-order valence-electron chi connectivity index (χ2n) is 4.28. The van der Waals surface area contributed by atoms with Crippen LogP contribution in [0.3, 0.4) is 0 Å². The first kappa shape index (κ1) is 13.4. The summed E-state index contributed by atoms with van der Waals surface area (Å²) in [5.41, 5.74) is 3.04. The maximum Gasteiger partial charge on any atom is 0.255 e. The van der Waals surface area contributed by atoms with Gasteiger partial charge in [-0.2, -0.15) is 0 Å². The number of carbonyl (C=O) groups is 1. The molecule has 2 aromatic carbocycles. The molecule has 2 aromatic rings. The van der Waals surface area contributed by atoms with Crippen LogP contribution in [-0.4, -0.2) is 11.0 Å². The Morgan fingerprint density at radius 3 is 2.47 bits per heavy atom. The normalized spacial score (nSPS) is 10.2. The first-order valence-corrected chi connectivity index (χ1v) is 6.39. The molecule has 3 nitrogen and oxygen atoms in total. The summed E-state index contributed by atoms with van der Waals surface area (Å²) in [4.78, 5) is 12.0. The predicted octanol–water partition coefficient (Wildman–Crippen LogP) is 3.69. The highest BCUT2D eigenvalue weighted by Crippen LogP contribution is 2.20. The van der Waals surface area contributed by atoms with Crippen LogP contribution in [0.2, 0.25) is 0 Å². The number of phenolic OH excluding ortho intramolecular Hbond substituents is 1. The number of halogens is 1. The molecule has 0 aliphatic carbocycles. The fraction of sp³-hybridized carbons (Fsp3) is 0.133. The van der Waals surface area contributed by atoms with Gasteiger partial charge in [-0.3, -0.25) is 4.79 Å². The second kappa shape index (κ2) is 5.76. The summed E-state index contributed by atoms with van der Waals surface area (Å²) < 4.78 is 0. The van der Waals surface area contributed by atoms with Crippen molar-refractivity contribution in [3.8, 4) is 5.75 Å². The van der Waals surface area contributed by atoms with Gasteiger partial charge in [-0.1, -0.05) is 12.1 Å². The van der Waals surface area contributed by atoms with Gasteiger partial charge >= 0.3 is 0 Å². The van der Waals surface area contributed by atoms with Crippen molar-refractivity contribution >= 4 is 23.2 Å². The van der Waals surface area contributed by atoms with Gasteiger partial charge in [-0.15, -0.1) is 11.6 Å². The van der Waals surface area contributed by atoms with E-state index in [1.54, 1.807) is 30.3 Å².